The molecular weight excluding hydrogens is 536 g/mol. The average Bonchev–Trinajstić information content (AvgIpc) is 3.68. The predicted octanol–water partition coefficient (Wildman–Crippen LogP) is 8.10. The molecule has 0 atom stereocenters. The zero-order valence-corrected chi connectivity index (χ0v) is 25.5. The predicted molar refractivity (Wildman–Crippen MR) is 176 cm³/mol. The van der Waals surface area contributed by atoms with Crippen LogP contribution in [0.25, 0.3) is 20.5 Å². The molecule has 1 N–H and O–H groups in total. The van der Waals surface area contributed by atoms with Crippen LogP contribution in [0.15, 0.2) is 91.0 Å². The van der Waals surface area contributed by atoms with E-state index in [9.17, 15) is 0 Å². The number of hydrogen-bond donors (Lipinski definition) is 1. The molecule has 1 fully saturated rings. The Bertz CT molecular complexity index is 1600. The second-order valence-corrected chi connectivity index (χ2v) is 12.3. The minimum atomic E-state index is 0.565. The monoisotopic (exact) mass is 576 g/mol. The van der Waals surface area contributed by atoms with Crippen LogP contribution in [0.2, 0.25) is 0 Å². The molecule has 0 spiro atoms. The van der Waals surface area contributed by atoms with E-state index in [-0.39, 0.29) is 0 Å². The number of rotatable bonds is 12. The molecule has 0 unspecified atom stereocenters. The lowest BCUT2D eigenvalue weighted by Gasteiger charge is -2.18. The van der Waals surface area contributed by atoms with E-state index in [0.29, 0.717) is 6.61 Å². The van der Waals surface area contributed by atoms with Crippen LogP contribution in [0.4, 0.5) is 0 Å². The lowest BCUT2D eigenvalue weighted by molar-refractivity contribution is 0.306. The highest BCUT2D eigenvalue weighted by molar-refractivity contribution is 7.22. The number of nitrogens with zero attached hydrogens (tertiary/aromatic N) is 1. The van der Waals surface area contributed by atoms with Gasteiger partial charge in [0.05, 0.1) is 7.11 Å². The number of nitrogens with one attached hydrogen (secondary N) is 1. The number of thiophene rings is 1. The molecule has 1 aliphatic heterocycles. The summed E-state index contributed by atoms with van der Waals surface area (Å²) in [5.74, 6) is 1.90. The summed E-state index contributed by atoms with van der Waals surface area (Å²) in [6.45, 7) is 4.87. The van der Waals surface area contributed by atoms with Gasteiger partial charge < -0.3 is 14.8 Å². The molecule has 4 nitrogen and oxygen atoms in total. The lowest BCUT2D eigenvalue weighted by Crippen LogP contribution is -2.18. The Kier molecular flexibility index (Phi) is 9.19. The van der Waals surface area contributed by atoms with Crippen molar-refractivity contribution in [1.82, 2.24) is 10.2 Å². The van der Waals surface area contributed by atoms with Gasteiger partial charge >= 0.3 is 0 Å². The summed E-state index contributed by atoms with van der Waals surface area (Å²) in [5.41, 5.74) is 7.70. The zero-order chi connectivity index (χ0) is 28.7. The van der Waals surface area contributed by atoms with Gasteiger partial charge in [-0.2, -0.15) is 0 Å². The highest BCUT2D eigenvalue weighted by atomic mass is 32.1. The molecule has 5 aromatic rings. The topological polar surface area (TPSA) is 33.7 Å². The molecular formula is C37H40N2O2S. The Morgan fingerprint density at radius 2 is 1.62 bits per heavy atom. The first kappa shape index (κ1) is 28.5. The summed E-state index contributed by atoms with van der Waals surface area (Å²) in [6.07, 6.45) is 4.47. The zero-order valence-electron chi connectivity index (χ0n) is 24.7. The van der Waals surface area contributed by atoms with Crippen molar-refractivity contribution in [1.29, 1.82) is 0 Å². The molecule has 0 amide bonds. The van der Waals surface area contributed by atoms with E-state index in [1.807, 2.05) is 24.5 Å². The smallest absolute Gasteiger partial charge is 0.123 e. The Balaban J connectivity index is 1.32. The number of likely N-dealkylation sites (N-methyl/N-ethyl adjacent to an activating group) is 1. The van der Waals surface area contributed by atoms with Crippen LogP contribution in [0, 0.1) is 0 Å². The first-order valence-corrected chi connectivity index (χ1v) is 15.9. The van der Waals surface area contributed by atoms with Gasteiger partial charge in [-0.05, 0) is 110 Å². The molecule has 0 radical (unpaired) electrons. The molecule has 42 heavy (non-hydrogen) atoms. The molecule has 0 aliphatic carbocycles. The fourth-order valence-electron chi connectivity index (χ4n) is 5.88. The molecule has 0 bridgehead atoms. The van der Waals surface area contributed by atoms with E-state index >= 15 is 0 Å². The van der Waals surface area contributed by atoms with E-state index in [2.05, 4.69) is 95.1 Å². The van der Waals surface area contributed by atoms with Crippen LogP contribution >= 0.6 is 11.3 Å². The van der Waals surface area contributed by atoms with E-state index in [4.69, 9.17) is 9.47 Å². The van der Waals surface area contributed by atoms with Gasteiger partial charge in [0, 0.05) is 21.7 Å². The van der Waals surface area contributed by atoms with E-state index in [1.165, 1.54) is 74.3 Å². The molecule has 4 aromatic carbocycles. The van der Waals surface area contributed by atoms with Crippen LogP contribution < -0.4 is 14.8 Å². The first-order chi connectivity index (χ1) is 20.7. The number of hydrogen-bond acceptors (Lipinski definition) is 5. The van der Waals surface area contributed by atoms with Gasteiger partial charge in [-0.15, -0.1) is 11.3 Å². The normalized spacial score (nSPS) is 13.6. The fourth-order valence-corrected chi connectivity index (χ4v) is 7.13. The first-order valence-electron chi connectivity index (χ1n) is 15.0. The van der Waals surface area contributed by atoms with Gasteiger partial charge in [0.15, 0.2) is 0 Å². The number of benzene rings is 4. The summed E-state index contributed by atoms with van der Waals surface area (Å²) >= 11 is 1.86. The third kappa shape index (κ3) is 6.70. The number of methoxy groups -OCH3 is 1. The van der Waals surface area contributed by atoms with Crippen molar-refractivity contribution in [2.75, 3.05) is 33.8 Å². The third-order valence-electron chi connectivity index (χ3n) is 8.22. The van der Waals surface area contributed by atoms with Gasteiger partial charge in [0.25, 0.3) is 0 Å². The summed E-state index contributed by atoms with van der Waals surface area (Å²) < 4.78 is 13.4. The fraction of sp³-hybridized carbons (Fsp3) is 0.297. The maximum Gasteiger partial charge on any atom is 0.123 e. The van der Waals surface area contributed by atoms with Crippen molar-refractivity contribution in [3.05, 3.63) is 119 Å². The maximum absolute atomic E-state index is 6.20. The SMILES string of the molecule is CNCCc1ccc(-c2sc3cc(OCc4ccccc4)ccc3c2Cc2ccc(CN3CCCC3)c(OC)c2)cc1. The lowest BCUT2D eigenvalue weighted by atomic mass is 9.97. The molecule has 1 saturated heterocycles. The Labute approximate surface area is 253 Å². The van der Waals surface area contributed by atoms with Crippen molar-refractivity contribution in [2.24, 2.45) is 0 Å². The van der Waals surface area contributed by atoms with Crippen LogP contribution in [0.1, 0.15) is 40.7 Å². The molecule has 5 heteroatoms. The summed E-state index contributed by atoms with van der Waals surface area (Å²) in [6, 6.07) is 32.8. The Hall–Kier alpha value is -3.64. The Morgan fingerprint density at radius 3 is 2.38 bits per heavy atom. The third-order valence-corrected chi connectivity index (χ3v) is 9.46. The minimum Gasteiger partial charge on any atom is -0.496 e. The summed E-state index contributed by atoms with van der Waals surface area (Å²) in [5, 5.41) is 4.55. The Morgan fingerprint density at radius 1 is 0.833 bits per heavy atom. The highest BCUT2D eigenvalue weighted by Gasteiger charge is 2.18. The van der Waals surface area contributed by atoms with Crippen molar-refractivity contribution < 1.29 is 9.47 Å². The second kappa shape index (κ2) is 13.6. The molecule has 1 aliphatic rings. The molecule has 2 heterocycles. The van der Waals surface area contributed by atoms with E-state index in [1.54, 1.807) is 7.11 Å². The van der Waals surface area contributed by atoms with E-state index < -0.39 is 0 Å². The number of likely N-dealkylation sites (tertiary alicyclic amines) is 1. The van der Waals surface area contributed by atoms with Crippen LogP contribution in [-0.2, 0) is 26.0 Å². The number of fused-ring (bicyclic) bond motifs is 1. The standard InChI is InChI=1S/C37H40N2O2S/c1-38-19-18-27-10-13-30(14-11-27)37-34(22-29-12-15-31(35(23-29)40-2)25-39-20-6-7-21-39)33-17-16-32(24-36(33)42-37)41-26-28-8-4-3-5-9-28/h3-5,8-17,23-24,38H,6-7,18-22,25-26H2,1-2H3. The average molecular weight is 577 g/mol. The van der Waals surface area contributed by atoms with Gasteiger partial charge in [0.1, 0.15) is 18.1 Å². The molecule has 6 rings (SSSR count). The van der Waals surface area contributed by atoms with Gasteiger partial charge in [-0.3, -0.25) is 4.90 Å². The van der Waals surface area contributed by atoms with Crippen molar-refractivity contribution in [2.45, 2.75) is 38.8 Å². The van der Waals surface area contributed by atoms with Gasteiger partial charge in [-0.1, -0.05) is 66.7 Å². The number of ether oxygens (including phenoxy) is 2. The second-order valence-electron chi connectivity index (χ2n) is 11.2. The van der Waals surface area contributed by atoms with Crippen molar-refractivity contribution in [3.8, 4) is 21.9 Å². The molecule has 216 valence electrons. The van der Waals surface area contributed by atoms with Gasteiger partial charge in [-0.25, -0.2) is 0 Å². The summed E-state index contributed by atoms with van der Waals surface area (Å²) in [4.78, 5) is 3.85. The van der Waals surface area contributed by atoms with E-state index in [0.717, 1.165) is 37.4 Å². The highest BCUT2D eigenvalue weighted by Crippen LogP contribution is 2.42. The van der Waals surface area contributed by atoms with Crippen LogP contribution in [0.3, 0.4) is 0 Å². The van der Waals surface area contributed by atoms with Gasteiger partial charge in [0.2, 0.25) is 0 Å². The molecule has 1 aromatic heterocycles. The maximum atomic E-state index is 6.20. The van der Waals surface area contributed by atoms with Crippen molar-refractivity contribution in [3.63, 3.8) is 0 Å². The largest absolute Gasteiger partial charge is 0.496 e. The minimum absolute atomic E-state index is 0.565. The summed E-state index contributed by atoms with van der Waals surface area (Å²) in [7, 11) is 3.80. The van der Waals surface area contributed by atoms with Crippen LogP contribution in [0.5, 0.6) is 11.5 Å². The quantitative estimate of drug-likeness (QED) is 0.163. The molecule has 0 saturated carbocycles. The van der Waals surface area contributed by atoms with Crippen LogP contribution in [-0.4, -0.2) is 38.7 Å². The van der Waals surface area contributed by atoms with Crippen molar-refractivity contribution >= 4 is 21.4 Å².